The molecular weight excluding hydrogens is 164 g/mol. The first-order chi connectivity index (χ1) is 6.27. The summed E-state index contributed by atoms with van der Waals surface area (Å²) in [5, 5.41) is 11.7. The summed E-state index contributed by atoms with van der Waals surface area (Å²) in [4.78, 5) is 0. The van der Waals surface area contributed by atoms with Crippen LogP contribution in [-0.2, 0) is 13.5 Å². The van der Waals surface area contributed by atoms with Gasteiger partial charge in [0.1, 0.15) is 11.6 Å². The maximum absolute atomic E-state index is 4.15. The molecule has 13 heavy (non-hydrogen) atoms. The molecule has 0 amide bonds. The summed E-state index contributed by atoms with van der Waals surface area (Å²) < 4.78 is 2.07. The lowest BCUT2D eigenvalue weighted by molar-refractivity contribution is 0.571. The van der Waals surface area contributed by atoms with Crippen molar-refractivity contribution in [1.82, 2.24) is 20.1 Å². The Morgan fingerprint density at radius 1 is 1.54 bits per heavy atom. The Hall–Kier alpha value is -0.900. The third kappa shape index (κ3) is 1.72. The molecule has 0 radical (unpaired) electrons. The molecule has 4 nitrogen and oxygen atoms in total. The molecular formula is C9H16N4. The predicted octanol–water partition coefficient (Wildman–Crippen LogP) is 0.418. The smallest absolute Gasteiger partial charge is 0.134 e. The van der Waals surface area contributed by atoms with Crippen molar-refractivity contribution in [2.24, 2.45) is 7.05 Å². The molecule has 72 valence electrons. The quantitative estimate of drug-likeness (QED) is 0.717. The predicted molar refractivity (Wildman–Crippen MR) is 50.5 cm³/mol. The van der Waals surface area contributed by atoms with E-state index in [1.807, 2.05) is 14.0 Å². The Morgan fingerprint density at radius 3 is 2.92 bits per heavy atom. The first kappa shape index (κ1) is 8.69. The van der Waals surface area contributed by atoms with E-state index in [-0.39, 0.29) is 0 Å². The molecule has 1 aliphatic heterocycles. The van der Waals surface area contributed by atoms with Gasteiger partial charge in [0.2, 0.25) is 0 Å². The van der Waals surface area contributed by atoms with Crippen LogP contribution >= 0.6 is 0 Å². The van der Waals surface area contributed by atoms with Crippen LogP contribution in [0.2, 0.25) is 0 Å². The maximum Gasteiger partial charge on any atom is 0.134 e. The fourth-order valence-corrected chi connectivity index (χ4v) is 1.78. The van der Waals surface area contributed by atoms with Gasteiger partial charge in [0, 0.05) is 19.5 Å². The lowest BCUT2D eigenvalue weighted by Gasteiger charge is -2.08. The number of rotatable bonds is 2. The minimum absolute atomic E-state index is 0.613. The van der Waals surface area contributed by atoms with E-state index < -0.39 is 0 Å². The summed E-state index contributed by atoms with van der Waals surface area (Å²) in [6.07, 6.45) is 3.57. The van der Waals surface area contributed by atoms with Gasteiger partial charge in [0.05, 0.1) is 0 Å². The Morgan fingerprint density at radius 2 is 2.38 bits per heavy atom. The third-order valence-electron chi connectivity index (χ3n) is 2.77. The van der Waals surface area contributed by atoms with Gasteiger partial charge in [-0.05, 0) is 26.3 Å². The monoisotopic (exact) mass is 180 g/mol. The van der Waals surface area contributed by atoms with Crippen LogP contribution in [0.5, 0.6) is 0 Å². The molecule has 1 aromatic heterocycles. The van der Waals surface area contributed by atoms with Crippen molar-refractivity contribution >= 4 is 0 Å². The van der Waals surface area contributed by atoms with Gasteiger partial charge in [-0.3, -0.25) is 0 Å². The molecule has 1 aliphatic rings. The average Bonchev–Trinajstić information content (AvgIpc) is 2.71. The first-order valence-corrected chi connectivity index (χ1v) is 4.85. The van der Waals surface area contributed by atoms with Crippen molar-refractivity contribution in [3.63, 3.8) is 0 Å². The second kappa shape index (κ2) is 3.46. The second-order valence-corrected chi connectivity index (χ2v) is 3.72. The van der Waals surface area contributed by atoms with Crippen LogP contribution in [0.15, 0.2) is 0 Å². The van der Waals surface area contributed by atoms with Gasteiger partial charge in [0.15, 0.2) is 0 Å². The molecule has 1 N–H and O–H groups in total. The summed E-state index contributed by atoms with van der Waals surface area (Å²) in [6.45, 7) is 3.14. The van der Waals surface area contributed by atoms with Crippen LogP contribution in [0.25, 0.3) is 0 Å². The summed E-state index contributed by atoms with van der Waals surface area (Å²) >= 11 is 0. The molecule has 0 spiro atoms. The average molecular weight is 180 g/mol. The molecule has 0 aromatic carbocycles. The highest BCUT2D eigenvalue weighted by Gasteiger charge is 2.17. The highest BCUT2D eigenvalue weighted by molar-refractivity contribution is 4.96. The van der Waals surface area contributed by atoms with Gasteiger partial charge in [-0.1, -0.05) is 0 Å². The fourth-order valence-electron chi connectivity index (χ4n) is 1.78. The number of aromatic nitrogens is 3. The van der Waals surface area contributed by atoms with Crippen molar-refractivity contribution in [2.75, 3.05) is 6.54 Å². The van der Waals surface area contributed by atoms with Gasteiger partial charge >= 0.3 is 0 Å². The molecule has 1 atom stereocenters. The van der Waals surface area contributed by atoms with Crippen LogP contribution < -0.4 is 5.32 Å². The van der Waals surface area contributed by atoms with Crippen molar-refractivity contribution < 1.29 is 0 Å². The molecule has 1 fully saturated rings. The lowest BCUT2D eigenvalue weighted by atomic mass is 10.1. The largest absolute Gasteiger partial charge is 0.318 e. The van der Waals surface area contributed by atoms with Crippen LogP contribution in [0, 0.1) is 6.92 Å². The van der Waals surface area contributed by atoms with Crippen LogP contribution in [0.3, 0.4) is 0 Å². The van der Waals surface area contributed by atoms with Gasteiger partial charge in [-0.15, -0.1) is 10.2 Å². The van der Waals surface area contributed by atoms with Crippen molar-refractivity contribution in [2.45, 2.75) is 32.2 Å². The van der Waals surface area contributed by atoms with Gasteiger partial charge in [-0.25, -0.2) is 0 Å². The van der Waals surface area contributed by atoms with E-state index in [9.17, 15) is 0 Å². The number of aryl methyl sites for hydroxylation is 1. The lowest BCUT2D eigenvalue weighted by Crippen LogP contribution is -2.25. The van der Waals surface area contributed by atoms with Crippen molar-refractivity contribution in [1.29, 1.82) is 0 Å². The summed E-state index contributed by atoms with van der Waals surface area (Å²) in [5.41, 5.74) is 0. The second-order valence-electron chi connectivity index (χ2n) is 3.72. The molecule has 2 rings (SSSR count). The third-order valence-corrected chi connectivity index (χ3v) is 2.77. The number of nitrogens with zero attached hydrogens (tertiary/aromatic N) is 3. The molecule has 2 heterocycles. The van der Waals surface area contributed by atoms with E-state index in [2.05, 4.69) is 20.1 Å². The van der Waals surface area contributed by atoms with E-state index in [4.69, 9.17) is 0 Å². The summed E-state index contributed by atoms with van der Waals surface area (Å²) in [6, 6.07) is 0.613. The maximum atomic E-state index is 4.15. The van der Waals surface area contributed by atoms with Crippen LogP contribution in [0.1, 0.15) is 24.5 Å². The van der Waals surface area contributed by atoms with E-state index in [0.29, 0.717) is 6.04 Å². The first-order valence-electron chi connectivity index (χ1n) is 4.85. The Balaban J connectivity index is 2.04. The van der Waals surface area contributed by atoms with Gasteiger partial charge < -0.3 is 9.88 Å². The molecule has 0 aliphatic carbocycles. The summed E-state index contributed by atoms with van der Waals surface area (Å²) in [5.74, 6) is 2.09. The molecule has 1 aromatic rings. The SMILES string of the molecule is Cc1nnc(CC2CCCN2)n1C. The number of hydrogen-bond donors (Lipinski definition) is 1. The molecule has 1 unspecified atom stereocenters. The normalized spacial score (nSPS) is 22.5. The number of hydrogen-bond acceptors (Lipinski definition) is 3. The standard InChI is InChI=1S/C9H16N4/c1-7-11-12-9(13(7)2)6-8-4-3-5-10-8/h8,10H,3-6H2,1-2H3. The highest BCUT2D eigenvalue weighted by Crippen LogP contribution is 2.10. The van der Waals surface area contributed by atoms with Crippen molar-refractivity contribution in [3.05, 3.63) is 11.6 Å². The Labute approximate surface area is 78.4 Å². The molecule has 1 saturated heterocycles. The van der Waals surface area contributed by atoms with Crippen LogP contribution in [0.4, 0.5) is 0 Å². The molecule has 4 heteroatoms. The minimum Gasteiger partial charge on any atom is -0.318 e. The topological polar surface area (TPSA) is 42.7 Å². The van der Waals surface area contributed by atoms with Crippen molar-refractivity contribution in [3.8, 4) is 0 Å². The Bertz CT molecular complexity index is 286. The zero-order valence-corrected chi connectivity index (χ0v) is 8.25. The fraction of sp³-hybridized carbons (Fsp3) is 0.778. The zero-order chi connectivity index (χ0) is 9.26. The Kier molecular flexibility index (Phi) is 2.31. The van der Waals surface area contributed by atoms with Crippen LogP contribution in [-0.4, -0.2) is 27.4 Å². The summed E-state index contributed by atoms with van der Waals surface area (Å²) in [7, 11) is 2.03. The van der Waals surface area contributed by atoms with E-state index in [0.717, 1.165) is 24.6 Å². The molecule has 0 bridgehead atoms. The minimum atomic E-state index is 0.613. The van der Waals surface area contributed by atoms with E-state index in [1.165, 1.54) is 12.8 Å². The highest BCUT2D eigenvalue weighted by atomic mass is 15.3. The molecule has 0 saturated carbocycles. The zero-order valence-electron chi connectivity index (χ0n) is 8.25. The van der Waals surface area contributed by atoms with Gasteiger partial charge in [-0.2, -0.15) is 0 Å². The number of nitrogens with one attached hydrogen (secondary N) is 1. The van der Waals surface area contributed by atoms with Gasteiger partial charge in [0.25, 0.3) is 0 Å². The van der Waals surface area contributed by atoms with E-state index in [1.54, 1.807) is 0 Å². The van der Waals surface area contributed by atoms with E-state index >= 15 is 0 Å².